The van der Waals surface area contributed by atoms with E-state index in [0.29, 0.717) is 5.71 Å². The van der Waals surface area contributed by atoms with Crippen molar-refractivity contribution in [1.82, 2.24) is 0 Å². The van der Waals surface area contributed by atoms with E-state index in [2.05, 4.69) is 4.99 Å². The summed E-state index contributed by atoms with van der Waals surface area (Å²) in [6, 6.07) is -0.195. The van der Waals surface area contributed by atoms with Crippen molar-refractivity contribution in [3.8, 4) is 0 Å². The second-order valence-electron chi connectivity index (χ2n) is 2.75. The Bertz CT molecular complexity index is 173. The topological polar surface area (TPSA) is 49.7 Å². The molecule has 1 N–H and O–H groups in total. The highest BCUT2D eigenvalue weighted by Gasteiger charge is 2.07. The first-order chi connectivity index (χ1) is 4.95. The number of aliphatic hydroxyl groups excluding tert-OH is 1. The number of ketones is 1. The normalized spacial score (nSPS) is 17.7. The van der Waals surface area contributed by atoms with Gasteiger partial charge in [-0.2, -0.15) is 0 Å². The van der Waals surface area contributed by atoms with Gasteiger partial charge in [-0.1, -0.05) is 0 Å². The summed E-state index contributed by atoms with van der Waals surface area (Å²) in [4.78, 5) is 14.7. The lowest BCUT2D eigenvalue weighted by Gasteiger charge is -2.09. The summed E-state index contributed by atoms with van der Waals surface area (Å²) in [7, 11) is 0. The third-order valence-electron chi connectivity index (χ3n) is 1.60. The van der Waals surface area contributed by atoms with Gasteiger partial charge in [0.1, 0.15) is 0 Å². The molecule has 11 heavy (non-hydrogen) atoms. The fourth-order valence-electron chi connectivity index (χ4n) is 0.504. The fraction of sp³-hybridized carbons (Fsp3) is 0.750. The molecular formula is C8H15NO2. The maximum absolute atomic E-state index is 10.7. The minimum Gasteiger partial charge on any atom is -0.391 e. The number of hydrogen-bond donors (Lipinski definition) is 1. The van der Waals surface area contributed by atoms with Gasteiger partial charge in [-0.05, 0) is 20.8 Å². The van der Waals surface area contributed by atoms with Crippen molar-refractivity contribution in [2.45, 2.75) is 39.8 Å². The molecule has 0 bridgehead atoms. The molecule has 0 fully saturated rings. The Morgan fingerprint density at radius 2 is 1.82 bits per heavy atom. The summed E-state index contributed by atoms with van der Waals surface area (Å²) in [5.41, 5.74) is 0.471. The second-order valence-corrected chi connectivity index (χ2v) is 2.75. The Morgan fingerprint density at radius 3 is 2.09 bits per heavy atom. The van der Waals surface area contributed by atoms with Crippen LogP contribution < -0.4 is 0 Å². The van der Waals surface area contributed by atoms with Crippen LogP contribution in [0.1, 0.15) is 27.7 Å². The summed E-state index contributed by atoms with van der Waals surface area (Å²) in [5, 5.41) is 9.03. The van der Waals surface area contributed by atoms with Crippen LogP contribution in [0.15, 0.2) is 4.99 Å². The zero-order chi connectivity index (χ0) is 9.02. The van der Waals surface area contributed by atoms with E-state index in [1.165, 1.54) is 6.92 Å². The lowest BCUT2D eigenvalue weighted by atomic mass is 10.2. The quantitative estimate of drug-likeness (QED) is 0.616. The fourth-order valence-corrected chi connectivity index (χ4v) is 0.504. The Hall–Kier alpha value is -0.700. The molecule has 64 valence electrons. The third-order valence-corrected chi connectivity index (χ3v) is 1.60. The standard InChI is InChI=1S/C8H15NO2/c1-5(7(3)10)9-6(2)8(4)11/h5,7,10H,1-4H3/t5-,7-/m0/s1. The number of aliphatic imine (C=N–C) groups is 1. The summed E-state index contributed by atoms with van der Waals surface area (Å²) in [5.74, 6) is -0.0440. The first-order valence-corrected chi connectivity index (χ1v) is 3.68. The van der Waals surface area contributed by atoms with Crippen LogP contribution in [0.3, 0.4) is 0 Å². The van der Waals surface area contributed by atoms with Crippen molar-refractivity contribution in [2.24, 2.45) is 4.99 Å². The molecule has 0 amide bonds. The smallest absolute Gasteiger partial charge is 0.173 e. The Kier molecular flexibility index (Phi) is 3.97. The number of rotatable bonds is 3. The Balaban J connectivity index is 4.19. The van der Waals surface area contributed by atoms with Gasteiger partial charge in [0.05, 0.1) is 17.9 Å². The predicted molar refractivity (Wildman–Crippen MR) is 44.9 cm³/mol. The average molecular weight is 157 g/mol. The molecule has 0 aliphatic heterocycles. The van der Waals surface area contributed by atoms with Gasteiger partial charge in [-0.25, -0.2) is 0 Å². The molecule has 0 heterocycles. The maximum Gasteiger partial charge on any atom is 0.173 e. The molecule has 3 heteroatoms. The van der Waals surface area contributed by atoms with E-state index in [-0.39, 0.29) is 11.8 Å². The monoisotopic (exact) mass is 157 g/mol. The van der Waals surface area contributed by atoms with Crippen molar-refractivity contribution in [3.05, 3.63) is 0 Å². The van der Waals surface area contributed by atoms with E-state index in [1.807, 2.05) is 0 Å². The molecule has 0 radical (unpaired) electrons. The molecule has 0 saturated carbocycles. The highest BCUT2D eigenvalue weighted by Crippen LogP contribution is 1.97. The van der Waals surface area contributed by atoms with Crippen LogP contribution in [0.5, 0.6) is 0 Å². The lowest BCUT2D eigenvalue weighted by molar-refractivity contribution is -0.111. The lowest BCUT2D eigenvalue weighted by Crippen LogP contribution is -2.20. The highest BCUT2D eigenvalue weighted by atomic mass is 16.3. The maximum atomic E-state index is 10.7. The number of carbonyl (C=O) groups excluding carboxylic acids is 1. The largest absolute Gasteiger partial charge is 0.391 e. The van der Waals surface area contributed by atoms with Gasteiger partial charge in [-0.15, -0.1) is 0 Å². The van der Waals surface area contributed by atoms with E-state index in [1.54, 1.807) is 20.8 Å². The Morgan fingerprint density at radius 1 is 1.36 bits per heavy atom. The van der Waals surface area contributed by atoms with Crippen LogP contribution in [0.25, 0.3) is 0 Å². The molecule has 0 unspecified atom stereocenters. The number of nitrogens with zero attached hydrogens (tertiary/aromatic N) is 1. The van der Waals surface area contributed by atoms with E-state index >= 15 is 0 Å². The average Bonchev–Trinajstić information content (AvgIpc) is 1.87. The third kappa shape index (κ3) is 3.88. The molecule has 0 aromatic rings. The summed E-state index contributed by atoms with van der Waals surface area (Å²) in [6.45, 7) is 6.55. The summed E-state index contributed by atoms with van der Waals surface area (Å²) in [6.07, 6.45) is -0.496. The predicted octanol–water partition coefficient (Wildman–Crippen LogP) is 0.806. The first-order valence-electron chi connectivity index (χ1n) is 3.68. The van der Waals surface area contributed by atoms with E-state index < -0.39 is 6.10 Å². The van der Waals surface area contributed by atoms with Gasteiger partial charge in [0.15, 0.2) is 5.78 Å². The number of aliphatic hydroxyl groups is 1. The minimum absolute atomic E-state index is 0.0440. The van der Waals surface area contributed by atoms with Gasteiger partial charge in [0.25, 0.3) is 0 Å². The SMILES string of the molecule is CC(=O)C(C)=N[C@@H](C)[C@H](C)O. The van der Waals surface area contributed by atoms with Crippen LogP contribution >= 0.6 is 0 Å². The van der Waals surface area contributed by atoms with Crippen LogP contribution in [-0.2, 0) is 4.79 Å². The van der Waals surface area contributed by atoms with Gasteiger partial charge < -0.3 is 5.11 Å². The molecule has 0 aliphatic carbocycles. The first kappa shape index (κ1) is 10.3. The zero-order valence-corrected chi connectivity index (χ0v) is 7.46. The van der Waals surface area contributed by atoms with E-state index in [0.717, 1.165) is 0 Å². The van der Waals surface area contributed by atoms with Crippen molar-refractivity contribution < 1.29 is 9.90 Å². The van der Waals surface area contributed by atoms with Crippen molar-refractivity contribution >= 4 is 11.5 Å². The van der Waals surface area contributed by atoms with Gasteiger partial charge >= 0.3 is 0 Å². The summed E-state index contributed by atoms with van der Waals surface area (Å²) < 4.78 is 0. The van der Waals surface area contributed by atoms with Crippen LogP contribution in [0, 0.1) is 0 Å². The minimum atomic E-state index is -0.496. The summed E-state index contributed by atoms with van der Waals surface area (Å²) >= 11 is 0. The van der Waals surface area contributed by atoms with Crippen LogP contribution in [-0.4, -0.2) is 28.7 Å². The number of Topliss-reactive ketones (excluding diaryl/α,β-unsaturated/α-hetero) is 1. The molecule has 0 rings (SSSR count). The molecule has 0 aromatic carbocycles. The molecular weight excluding hydrogens is 142 g/mol. The molecule has 3 nitrogen and oxygen atoms in total. The molecule has 2 atom stereocenters. The molecule has 0 spiro atoms. The second kappa shape index (κ2) is 4.23. The van der Waals surface area contributed by atoms with Gasteiger partial charge in [-0.3, -0.25) is 9.79 Å². The number of carbonyl (C=O) groups is 1. The van der Waals surface area contributed by atoms with E-state index in [4.69, 9.17) is 5.11 Å². The van der Waals surface area contributed by atoms with Crippen molar-refractivity contribution in [3.63, 3.8) is 0 Å². The highest BCUT2D eigenvalue weighted by molar-refractivity contribution is 6.38. The Labute approximate surface area is 67.1 Å². The van der Waals surface area contributed by atoms with E-state index in [9.17, 15) is 4.79 Å². The van der Waals surface area contributed by atoms with Crippen LogP contribution in [0.4, 0.5) is 0 Å². The van der Waals surface area contributed by atoms with Crippen LogP contribution in [0.2, 0.25) is 0 Å². The number of hydrogen-bond acceptors (Lipinski definition) is 3. The van der Waals surface area contributed by atoms with Gasteiger partial charge in [0.2, 0.25) is 0 Å². The van der Waals surface area contributed by atoms with Gasteiger partial charge in [0, 0.05) is 6.92 Å². The molecule has 0 aromatic heterocycles. The van der Waals surface area contributed by atoms with Crippen molar-refractivity contribution in [1.29, 1.82) is 0 Å². The van der Waals surface area contributed by atoms with Crippen molar-refractivity contribution in [2.75, 3.05) is 0 Å². The molecule has 0 saturated heterocycles. The molecule has 0 aliphatic rings. The zero-order valence-electron chi connectivity index (χ0n) is 7.46.